The van der Waals surface area contributed by atoms with E-state index in [1.54, 1.807) is 0 Å². The summed E-state index contributed by atoms with van der Waals surface area (Å²) in [5.74, 6) is 1.07. The Balaban J connectivity index is 1.01. The van der Waals surface area contributed by atoms with Gasteiger partial charge < -0.3 is 0 Å². The summed E-state index contributed by atoms with van der Waals surface area (Å²) < 4.78 is 2.28. The lowest BCUT2D eigenvalue weighted by atomic mass is 9.60. The minimum atomic E-state index is -3.35. The zero-order valence-corrected chi connectivity index (χ0v) is 47.5. The van der Waals surface area contributed by atoms with Gasteiger partial charge in [-0.2, -0.15) is 4.98 Å². The summed E-state index contributed by atoms with van der Waals surface area (Å²) in [5.41, 5.74) is 14.3. The van der Waals surface area contributed by atoms with E-state index in [2.05, 4.69) is 320 Å². The van der Waals surface area contributed by atoms with Gasteiger partial charge in [-0.25, -0.2) is 9.97 Å². The van der Waals surface area contributed by atoms with Gasteiger partial charge in [0.25, 0.3) is 0 Å². The van der Waals surface area contributed by atoms with E-state index in [9.17, 15) is 0 Å². The zero-order chi connectivity index (χ0) is 54.9. The van der Waals surface area contributed by atoms with Crippen molar-refractivity contribution >= 4 is 79.7 Å². The first-order chi connectivity index (χ1) is 41.2. The highest BCUT2D eigenvalue weighted by atomic mass is 28.3. The van der Waals surface area contributed by atoms with Crippen LogP contribution in [-0.2, 0) is 0 Å². The fraction of sp³-hybridized carbons (Fsp3) is 0.0260. The SMILES string of the molecule is c1ccc(-c2ccc([Si](c3ccccc3)(c3ccccc3)c3cccc4c3C3c5ccccc5C4c4cccc(-c5nc(-n6c7ccccc7c7ccccc76)nc([Si](c6ccccc6)(c6ccccc6)c6ccccc6)n5)c43)cc2)cc1. The van der Waals surface area contributed by atoms with Crippen LogP contribution < -0.4 is 41.8 Å². The first-order valence-electron chi connectivity index (χ1n) is 28.8. The number of hydrogen-bond acceptors (Lipinski definition) is 3. The molecule has 17 rings (SSSR count). The standard InChI is InChI=1S/C77H54N4Si2/c1-7-27-53(28-8-1)54-49-51-60(52-50-54)82(55-29-9-2-10-30-55,56-31-11-3-12-32-56)70-48-26-44-66-71-63-41-19-20-42-64(63)74(73(66)70)72-65(71)43-25-45-67(72)75-78-76(81-68-46-23-21-39-61(68)62-40-22-24-47-69(62)81)80-77(79-75)83(57-33-13-4-14-34-57,58-35-15-5-16-36-58)59-37-17-6-18-38-59/h1-52,71,74H. The Hall–Kier alpha value is -10.1. The minimum absolute atomic E-state index is 0.0376. The van der Waals surface area contributed by atoms with E-state index in [1.165, 1.54) is 80.8 Å². The molecule has 2 atom stereocenters. The van der Waals surface area contributed by atoms with Crippen LogP contribution in [-0.4, -0.2) is 35.7 Å². The number of aromatic nitrogens is 4. The quantitative estimate of drug-likeness (QED) is 0.0958. The van der Waals surface area contributed by atoms with Gasteiger partial charge in [-0.05, 0) is 92.9 Å². The van der Waals surface area contributed by atoms with Crippen LogP contribution in [0.5, 0.6) is 0 Å². The molecule has 0 saturated heterocycles. The van der Waals surface area contributed by atoms with Crippen LogP contribution in [0.4, 0.5) is 0 Å². The maximum atomic E-state index is 6.06. The number of fused-ring (bicyclic) bond motifs is 3. The first kappa shape index (κ1) is 48.8. The highest BCUT2D eigenvalue weighted by Gasteiger charge is 2.51. The molecule has 0 amide bonds. The van der Waals surface area contributed by atoms with E-state index in [1.807, 2.05) is 0 Å². The Labute approximate surface area is 485 Å². The predicted octanol–water partition coefficient (Wildman–Crippen LogP) is 12.0. The third kappa shape index (κ3) is 7.46. The molecule has 3 aliphatic carbocycles. The number of benzene rings is 12. The van der Waals surface area contributed by atoms with E-state index in [-0.39, 0.29) is 11.8 Å². The van der Waals surface area contributed by atoms with Crippen LogP contribution >= 0.6 is 0 Å². The second kappa shape index (κ2) is 19.9. The van der Waals surface area contributed by atoms with Crippen LogP contribution in [0.2, 0.25) is 0 Å². The summed E-state index contributed by atoms with van der Waals surface area (Å²) in [6.45, 7) is 0. The molecule has 12 aromatic carbocycles. The van der Waals surface area contributed by atoms with Crippen LogP contribution in [0.3, 0.4) is 0 Å². The van der Waals surface area contributed by atoms with Gasteiger partial charge in [0.1, 0.15) is 5.45 Å². The third-order valence-corrected chi connectivity index (χ3v) is 27.3. The summed E-state index contributed by atoms with van der Waals surface area (Å²) in [4.78, 5) is 17.8. The fourth-order valence-electron chi connectivity index (χ4n) is 14.6. The van der Waals surface area contributed by atoms with Crippen molar-refractivity contribution in [1.82, 2.24) is 19.5 Å². The highest BCUT2D eigenvalue weighted by Crippen LogP contribution is 2.57. The van der Waals surface area contributed by atoms with Crippen molar-refractivity contribution in [3.8, 4) is 28.5 Å². The van der Waals surface area contributed by atoms with Gasteiger partial charge in [-0.15, -0.1) is 0 Å². The summed E-state index contributed by atoms with van der Waals surface area (Å²) in [6.07, 6.45) is 0. The van der Waals surface area contributed by atoms with Crippen molar-refractivity contribution in [2.45, 2.75) is 11.8 Å². The van der Waals surface area contributed by atoms with Crippen LogP contribution in [0.15, 0.2) is 315 Å². The fourth-order valence-corrected chi connectivity index (χ4v) is 24.0. The molecular formula is C77H54N4Si2. The Kier molecular flexibility index (Phi) is 11.7. The van der Waals surface area contributed by atoms with Crippen LogP contribution in [0.25, 0.3) is 50.3 Å². The molecule has 0 radical (unpaired) electrons. The molecule has 2 aromatic heterocycles. The van der Waals surface area contributed by atoms with Gasteiger partial charge in [0.2, 0.25) is 14.0 Å². The molecule has 3 aliphatic rings. The monoisotopic (exact) mass is 1090 g/mol. The molecule has 14 aromatic rings. The number of rotatable bonds is 11. The van der Waals surface area contributed by atoms with E-state index < -0.39 is 16.1 Å². The molecule has 6 heteroatoms. The summed E-state index contributed by atoms with van der Waals surface area (Å²) >= 11 is 0. The Morgan fingerprint density at radius 1 is 0.277 bits per heavy atom. The molecule has 2 bridgehead atoms. The molecule has 4 nitrogen and oxygen atoms in total. The third-order valence-electron chi connectivity index (χ3n) is 17.9. The van der Waals surface area contributed by atoms with Gasteiger partial charge in [-0.1, -0.05) is 303 Å². The molecular weight excluding hydrogens is 1040 g/mol. The van der Waals surface area contributed by atoms with Gasteiger partial charge in [0.15, 0.2) is 13.9 Å². The van der Waals surface area contributed by atoms with Crippen molar-refractivity contribution in [3.63, 3.8) is 0 Å². The Morgan fingerprint density at radius 2 is 0.675 bits per heavy atom. The van der Waals surface area contributed by atoms with Gasteiger partial charge in [0, 0.05) is 28.2 Å². The highest BCUT2D eigenvalue weighted by molar-refractivity contribution is 7.20. The average Bonchev–Trinajstić information content (AvgIpc) is 1.37. The summed E-state index contributed by atoms with van der Waals surface area (Å²) in [7, 11) is -6.52. The lowest BCUT2D eigenvalue weighted by Gasteiger charge is -2.46. The number of nitrogens with zero attached hydrogens (tertiary/aromatic N) is 4. The zero-order valence-electron chi connectivity index (χ0n) is 45.5. The van der Waals surface area contributed by atoms with Gasteiger partial charge in [0.05, 0.1) is 11.0 Å². The molecule has 2 heterocycles. The molecule has 2 unspecified atom stereocenters. The molecule has 0 aliphatic heterocycles. The predicted molar refractivity (Wildman–Crippen MR) is 347 cm³/mol. The second-order valence-corrected chi connectivity index (χ2v) is 29.5. The topological polar surface area (TPSA) is 43.6 Å². The lowest BCUT2D eigenvalue weighted by molar-refractivity contribution is 0.758. The van der Waals surface area contributed by atoms with Gasteiger partial charge >= 0.3 is 0 Å². The maximum Gasteiger partial charge on any atom is 0.238 e. The van der Waals surface area contributed by atoms with Crippen molar-refractivity contribution in [3.05, 3.63) is 349 Å². The summed E-state index contributed by atoms with van der Waals surface area (Å²) in [6, 6.07) is 117. The van der Waals surface area contributed by atoms with E-state index in [0.29, 0.717) is 11.8 Å². The maximum absolute atomic E-state index is 6.06. The number of para-hydroxylation sites is 2. The van der Waals surface area contributed by atoms with E-state index >= 15 is 0 Å². The molecule has 0 saturated carbocycles. The number of hydrogen-bond donors (Lipinski definition) is 0. The van der Waals surface area contributed by atoms with Crippen molar-refractivity contribution in [1.29, 1.82) is 0 Å². The smallest absolute Gasteiger partial charge is 0.238 e. The Morgan fingerprint density at radius 3 is 1.20 bits per heavy atom. The molecule has 83 heavy (non-hydrogen) atoms. The van der Waals surface area contributed by atoms with Crippen molar-refractivity contribution in [2.75, 3.05) is 0 Å². The van der Waals surface area contributed by atoms with Crippen LogP contribution in [0, 0.1) is 0 Å². The van der Waals surface area contributed by atoms with E-state index in [0.717, 1.165) is 32.8 Å². The normalized spacial score (nSPS) is 14.3. The first-order valence-corrected chi connectivity index (χ1v) is 32.8. The van der Waals surface area contributed by atoms with Crippen LogP contribution in [0.1, 0.15) is 45.2 Å². The molecule has 0 spiro atoms. The second-order valence-electron chi connectivity index (χ2n) is 22.0. The molecule has 0 N–H and O–H groups in total. The van der Waals surface area contributed by atoms with E-state index in [4.69, 9.17) is 15.0 Å². The molecule has 0 fully saturated rings. The largest absolute Gasteiger partial charge is 0.278 e. The Bertz CT molecular complexity index is 4540. The van der Waals surface area contributed by atoms with Gasteiger partial charge in [-0.3, -0.25) is 4.57 Å². The lowest BCUT2D eigenvalue weighted by Crippen LogP contribution is -2.76. The minimum Gasteiger partial charge on any atom is -0.278 e. The molecule has 390 valence electrons. The van der Waals surface area contributed by atoms with Crippen molar-refractivity contribution in [2.24, 2.45) is 0 Å². The summed E-state index contributed by atoms with van der Waals surface area (Å²) in [5, 5.41) is 11.3. The van der Waals surface area contributed by atoms with Crippen molar-refractivity contribution < 1.29 is 0 Å². The average molecular weight is 1090 g/mol.